The maximum absolute atomic E-state index is 11.3. The molecule has 25 heavy (non-hydrogen) atoms. The van der Waals surface area contributed by atoms with Crippen molar-refractivity contribution in [2.24, 2.45) is 0 Å². The van der Waals surface area contributed by atoms with Gasteiger partial charge in [0.15, 0.2) is 5.52 Å². The molecule has 0 bridgehead atoms. The number of hydrogen-bond acceptors (Lipinski definition) is 6. The highest BCUT2D eigenvalue weighted by atomic mass is 16.6. The van der Waals surface area contributed by atoms with Crippen molar-refractivity contribution in [3.05, 3.63) is 76.8 Å². The van der Waals surface area contributed by atoms with Crippen LogP contribution in [0.2, 0.25) is 0 Å². The fraction of sp³-hybridized carbons (Fsp3) is 0. The van der Waals surface area contributed by atoms with Crippen molar-refractivity contribution in [2.75, 3.05) is 5.32 Å². The van der Waals surface area contributed by atoms with Crippen molar-refractivity contribution >= 4 is 28.1 Å². The van der Waals surface area contributed by atoms with Crippen molar-refractivity contribution in [1.29, 1.82) is 0 Å². The molecule has 0 aliphatic rings. The molecule has 0 fully saturated rings. The van der Waals surface area contributed by atoms with Crippen molar-refractivity contribution in [1.82, 2.24) is 10.3 Å². The minimum absolute atomic E-state index is 0.0877. The van der Waals surface area contributed by atoms with E-state index in [0.717, 1.165) is 11.1 Å². The molecular formula is C18H12N4O3. The predicted molar refractivity (Wildman–Crippen MR) is 93.6 cm³/mol. The fourth-order valence-electron chi connectivity index (χ4n) is 2.64. The van der Waals surface area contributed by atoms with Crippen LogP contribution in [-0.4, -0.2) is 15.2 Å². The Morgan fingerprint density at radius 1 is 0.880 bits per heavy atom. The molecule has 4 aromatic rings. The minimum atomic E-state index is -0.464. The van der Waals surface area contributed by atoms with Crippen molar-refractivity contribution < 1.29 is 9.55 Å². The molecule has 1 heterocycles. The third kappa shape index (κ3) is 2.78. The molecule has 7 nitrogen and oxygen atoms in total. The summed E-state index contributed by atoms with van der Waals surface area (Å²) in [5.74, 6) is 0. The first-order valence-corrected chi connectivity index (χ1v) is 7.54. The summed E-state index contributed by atoms with van der Waals surface area (Å²) in [5.41, 5.74) is 3.81. The van der Waals surface area contributed by atoms with Crippen molar-refractivity contribution in [3.8, 4) is 11.1 Å². The van der Waals surface area contributed by atoms with E-state index in [1.165, 1.54) is 12.1 Å². The molecule has 7 heteroatoms. The van der Waals surface area contributed by atoms with Crippen LogP contribution < -0.4 is 5.32 Å². The number of fused-ring (bicyclic) bond motifs is 1. The molecule has 0 atom stereocenters. The van der Waals surface area contributed by atoms with E-state index in [1.54, 1.807) is 0 Å². The molecular weight excluding hydrogens is 320 g/mol. The zero-order valence-corrected chi connectivity index (χ0v) is 12.9. The van der Waals surface area contributed by atoms with Gasteiger partial charge >= 0.3 is 0 Å². The highest BCUT2D eigenvalue weighted by molar-refractivity contribution is 5.94. The van der Waals surface area contributed by atoms with Crippen LogP contribution in [0, 0.1) is 10.1 Å². The molecule has 1 N–H and O–H groups in total. The number of nitro groups is 1. The van der Waals surface area contributed by atoms with Crippen LogP contribution in [0.15, 0.2) is 71.4 Å². The number of nitro benzene ring substituents is 1. The Labute approximate surface area is 142 Å². The van der Waals surface area contributed by atoms with E-state index in [-0.39, 0.29) is 11.4 Å². The van der Waals surface area contributed by atoms with E-state index in [2.05, 4.69) is 15.6 Å². The van der Waals surface area contributed by atoms with Gasteiger partial charge in [0.1, 0.15) is 11.2 Å². The Balaban J connectivity index is 1.71. The summed E-state index contributed by atoms with van der Waals surface area (Å²) in [4.78, 5) is 10.8. The van der Waals surface area contributed by atoms with E-state index < -0.39 is 4.92 Å². The van der Waals surface area contributed by atoms with Crippen molar-refractivity contribution in [2.45, 2.75) is 0 Å². The lowest BCUT2D eigenvalue weighted by molar-refractivity contribution is -0.383. The lowest BCUT2D eigenvalue weighted by Gasteiger charge is -2.08. The maximum atomic E-state index is 11.3. The second-order valence-corrected chi connectivity index (χ2v) is 5.42. The van der Waals surface area contributed by atoms with Gasteiger partial charge in [-0.25, -0.2) is 4.63 Å². The summed E-state index contributed by atoms with van der Waals surface area (Å²) in [6.07, 6.45) is 0. The van der Waals surface area contributed by atoms with Crippen LogP contribution in [-0.2, 0) is 0 Å². The second kappa shape index (κ2) is 6.04. The number of nitrogens with zero attached hydrogens (tertiary/aromatic N) is 3. The summed E-state index contributed by atoms with van der Waals surface area (Å²) >= 11 is 0. The minimum Gasteiger partial charge on any atom is -0.348 e. The quantitative estimate of drug-likeness (QED) is 0.435. The third-order valence-electron chi connectivity index (χ3n) is 3.86. The Morgan fingerprint density at radius 3 is 2.32 bits per heavy atom. The van der Waals surface area contributed by atoms with Crippen molar-refractivity contribution in [3.63, 3.8) is 0 Å². The van der Waals surface area contributed by atoms with E-state index in [4.69, 9.17) is 4.63 Å². The van der Waals surface area contributed by atoms with Crippen LogP contribution in [0.1, 0.15) is 0 Å². The Bertz CT molecular complexity index is 1040. The van der Waals surface area contributed by atoms with Gasteiger partial charge in [-0.3, -0.25) is 10.1 Å². The average molecular weight is 332 g/mol. The number of aromatic nitrogens is 2. The molecule has 0 amide bonds. The van der Waals surface area contributed by atoms with Crippen LogP contribution in [0.5, 0.6) is 0 Å². The molecule has 4 rings (SSSR count). The summed E-state index contributed by atoms with van der Waals surface area (Å²) < 4.78 is 4.69. The van der Waals surface area contributed by atoms with Gasteiger partial charge in [0, 0.05) is 11.8 Å². The number of anilines is 2. The second-order valence-electron chi connectivity index (χ2n) is 5.42. The molecule has 0 saturated carbocycles. The van der Waals surface area contributed by atoms with Gasteiger partial charge in [-0.15, -0.1) is 0 Å². The van der Waals surface area contributed by atoms with Gasteiger partial charge in [0.2, 0.25) is 0 Å². The van der Waals surface area contributed by atoms with E-state index >= 15 is 0 Å². The van der Waals surface area contributed by atoms with Gasteiger partial charge in [0.25, 0.3) is 5.69 Å². The van der Waals surface area contributed by atoms with Gasteiger partial charge in [-0.05, 0) is 39.6 Å². The molecule has 0 saturated heterocycles. The number of nitrogens with one attached hydrogen (secondary N) is 1. The first kappa shape index (κ1) is 14.8. The Kier molecular flexibility index (Phi) is 3.59. The smallest absolute Gasteiger partial charge is 0.295 e. The first-order valence-electron chi connectivity index (χ1n) is 7.54. The van der Waals surface area contributed by atoms with Crippen LogP contribution in [0.4, 0.5) is 17.1 Å². The summed E-state index contributed by atoms with van der Waals surface area (Å²) in [5, 5.41) is 21.9. The normalized spacial score (nSPS) is 10.7. The molecule has 0 aliphatic heterocycles. The number of rotatable bonds is 4. The highest BCUT2D eigenvalue weighted by Crippen LogP contribution is 2.34. The molecule has 1 aromatic heterocycles. The van der Waals surface area contributed by atoms with Gasteiger partial charge < -0.3 is 5.32 Å². The molecule has 122 valence electrons. The zero-order chi connectivity index (χ0) is 17.2. The molecule has 0 radical (unpaired) electrons. The van der Waals surface area contributed by atoms with Crippen LogP contribution >= 0.6 is 0 Å². The first-order chi connectivity index (χ1) is 12.2. The van der Waals surface area contributed by atoms with E-state index in [9.17, 15) is 10.1 Å². The number of benzene rings is 3. The molecule has 0 unspecified atom stereocenters. The standard InChI is InChI=1S/C18H12N4O3/c23-22(24)16-11-10-15-17(21-25-20-15)18(16)19-14-8-6-13(7-9-14)12-4-2-1-3-5-12/h1-11,19H. The lowest BCUT2D eigenvalue weighted by Crippen LogP contribution is -1.98. The predicted octanol–water partition coefficient (Wildman–Crippen LogP) is 4.54. The summed E-state index contributed by atoms with van der Waals surface area (Å²) in [6.45, 7) is 0. The number of hydrogen-bond donors (Lipinski definition) is 1. The van der Waals surface area contributed by atoms with Gasteiger partial charge in [-0.1, -0.05) is 42.5 Å². The monoisotopic (exact) mass is 332 g/mol. The Hall–Kier alpha value is -3.74. The largest absolute Gasteiger partial charge is 0.348 e. The Morgan fingerprint density at radius 2 is 1.60 bits per heavy atom. The summed E-state index contributed by atoms with van der Waals surface area (Å²) in [7, 11) is 0. The highest BCUT2D eigenvalue weighted by Gasteiger charge is 2.20. The lowest BCUT2D eigenvalue weighted by atomic mass is 10.1. The summed E-state index contributed by atoms with van der Waals surface area (Å²) in [6, 6.07) is 20.5. The maximum Gasteiger partial charge on any atom is 0.295 e. The fourth-order valence-corrected chi connectivity index (χ4v) is 2.64. The molecule has 3 aromatic carbocycles. The topological polar surface area (TPSA) is 94.1 Å². The zero-order valence-electron chi connectivity index (χ0n) is 12.9. The third-order valence-corrected chi connectivity index (χ3v) is 3.86. The average Bonchev–Trinajstić information content (AvgIpc) is 3.12. The van der Waals surface area contributed by atoms with Crippen LogP contribution in [0.3, 0.4) is 0 Å². The van der Waals surface area contributed by atoms with Crippen LogP contribution in [0.25, 0.3) is 22.2 Å². The molecule has 0 aliphatic carbocycles. The molecule has 0 spiro atoms. The van der Waals surface area contributed by atoms with E-state index in [1.807, 2.05) is 54.6 Å². The van der Waals surface area contributed by atoms with Gasteiger partial charge in [-0.2, -0.15) is 0 Å². The van der Waals surface area contributed by atoms with E-state index in [0.29, 0.717) is 16.7 Å². The van der Waals surface area contributed by atoms with Gasteiger partial charge in [0.05, 0.1) is 4.92 Å². The SMILES string of the molecule is O=[N+]([O-])c1ccc2nonc2c1Nc1ccc(-c2ccccc2)cc1.